The molecule has 0 bridgehead atoms. The van der Waals surface area contributed by atoms with E-state index in [1.165, 1.54) is 0 Å². The van der Waals surface area contributed by atoms with Crippen LogP contribution in [-0.4, -0.2) is 54.4 Å². The highest BCUT2D eigenvalue weighted by molar-refractivity contribution is 7.09. The third-order valence-electron chi connectivity index (χ3n) is 5.87. The lowest BCUT2D eigenvalue weighted by molar-refractivity contribution is -0.0855. The number of carbonyl (C=O) groups excluding carboxylic acids is 1. The van der Waals surface area contributed by atoms with Crippen molar-refractivity contribution in [1.29, 1.82) is 0 Å². The molecule has 0 aromatic carbocycles. The van der Waals surface area contributed by atoms with Crippen LogP contribution in [0.2, 0.25) is 18.1 Å². The van der Waals surface area contributed by atoms with Crippen LogP contribution in [0.3, 0.4) is 0 Å². The summed E-state index contributed by atoms with van der Waals surface area (Å²) < 4.78 is 18.6. The van der Waals surface area contributed by atoms with Gasteiger partial charge in [0.25, 0.3) is 0 Å². The van der Waals surface area contributed by atoms with Gasteiger partial charge in [0.05, 0.1) is 23.4 Å². The Morgan fingerprint density at radius 3 is 2.33 bits per heavy atom. The van der Waals surface area contributed by atoms with E-state index >= 15 is 0 Å². The van der Waals surface area contributed by atoms with Crippen LogP contribution in [0.25, 0.3) is 0 Å². The molecular weight excluding hydrogens is 416 g/mol. The molecule has 0 saturated carbocycles. The van der Waals surface area contributed by atoms with Crippen LogP contribution in [0.4, 0.5) is 4.79 Å². The summed E-state index contributed by atoms with van der Waals surface area (Å²) in [4.78, 5) is 19.5. The summed E-state index contributed by atoms with van der Waals surface area (Å²) in [6.45, 7) is 23.1. The Bertz CT molecular complexity index is 749. The number of amides is 1. The van der Waals surface area contributed by atoms with E-state index in [0.717, 1.165) is 10.7 Å². The van der Waals surface area contributed by atoms with Crippen LogP contribution in [-0.2, 0) is 20.3 Å². The van der Waals surface area contributed by atoms with E-state index in [9.17, 15) is 4.79 Å². The lowest BCUT2D eigenvalue weighted by Gasteiger charge is -2.37. The van der Waals surface area contributed by atoms with Gasteiger partial charge in [-0.3, -0.25) is 4.90 Å². The molecule has 0 spiro atoms. The molecule has 8 heteroatoms. The van der Waals surface area contributed by atoms with Gasteiger partial charge in [0.15, 0.2) is 8.32 Å². The quantitative estimate of drug-likeness (QED) is 0.527. The fourth-order valence-corrected chi connectivity index (χ4v) is 4.97. The number of aromatic nitrogens is 1. The largest absolute Gasteiger partial charge is 0.444 e. The van der Waals surface area contributed by atoms with Crippen molar-refractivity contribution in [3.8, 4) is 0 Å². The average Bonchev–Trinajstić information content (AvgIpc) is 3.03. The van der Waals surface area contributed by atoms with Crippen LogP contribution in [0.5, 0.6) is 0 Å². The maximum atomic E-state index is 13.2. The lowest BCUT2D eigenvalue weighted by atomic mass is 10.1. The second-order valence-electron chi connectivity index (χ2n) is 11.2. The Labute approximate surface area is 187 Å². The third-order valence-corrected chi connectivity index (χ3v) is 11.2. The molecular formula is C22H40N2O4SSi. The molecule has 2 unspecified atom stereocenters. The monoisotopic (exact) mass is 456 g/mol. The minimum Gasteiger partial charge on any atom is -0.444 e. The molecule has 0 aliphatic carbocycles. The summed E-state index contributed by atoms with van der Waals surface area (Å²) >= 11 is 1.62. The first-order valence-corrected chi connectivity index (χ1v) is 14.5. The molecule has 2 heterocycles. The fraction of sp³-hybridized carbons (Fsp3) is 0.818. The zero-order chi connectivity index (χ0) is 23.1. The maximum Gasteiger partial charge on any atom is 0.412 e. The molecule has 0 N–H and O–H groups in total. The van der Waals surface area contributed by atoms with Crippen molar-refractivity contribution < 1.29 is 18.7 Å². The minimum absolute atomic E-state index is 0.105. The normalized spacial score (nSPS) is 22.4. The molecule has 2 rings (SSSR count). The van der Waals surface area contributed by atoms with Gasteiger partial charge in [-0.1, -0.05) is 20.8 Å². The standard InChI is InChI=1S/C22H40N2O4SSi/c1-15-23-16(14-29-15)12-17-18(13-26-30(10,11)21(5,6)7)27-22(8,9)24(17)19(25)28-20(2,3)4/h14,17-18H,12-13H2,1-11H3. The molecule has 1 aromatic rings. The number of aryl methyl sites for hydroxylation is 1. The first-order chi connectivity index (χ1) is 13.4. The molecule has 1 amide bonds. The van der Waals surface area contributed by atoms with Crippen LogP contribution in [0, 0.1) is 6.92 Å². The molecule has 0 radical (unpaired) electrons. The van der Waals surface area contributed by atoms with Crippen molar-refractivity contribution >= 4 is 25.7 Å². The van der Waals surface area contributed by atoms with Crippen molar-refractivity contribution in [3.05, 3.63) is 16.1 Å². The first kappa shape index (κ1) is 25.3. The third kappa shape index (κ3) is 6.05. The van der Waals surface area contributed by atoms with Gasteiger partial charge in [0, 0.05) is 11.8 Å². The molecule has 30 heavy (non-hydrogen) atoms. The number of hydrogen-bond donors (Lipinski definition) is 0. The van der Waals surface area contributed by atoms with Crippen LogP contribution < -0.4 is 0 Å². The van der Waals surface area contributed by atoms with Crippen molar-refractivity contribution in [2.45, 2.75) is 110 Å². The Morgan fingerprint density at radius 1 is 1.27 bits per heavy atom. The van der Waals surface area contributed by atoms with E-state index in [4.69, 9.17) is 13.9 Å². The number of rotatable bonds is 5. The second-order valence-corrected chi connectivity index (χ2v) is 17.0. The van der Waals surface area contributed by atoms with E-state index in [-0.39, 0.29) is 23.3 Å². The fourth-order valence-electron chi connectivity index (χ4n) is 3.33. The number of thiazole rings is 1. The predicted octanol–water partition coefficient (Wildman–Crippen LogP) is 5.76. The summed E-state index contributed by atoms with van der Waals surface area (Å²) in [5.74, 6) is 0. The van der Waals surface area contributed by atoms with Crippen LogP contribution >= 0.6 is 11.3 Å². The summed E-state index contributed by atoms with van der Waals surface area (Å²) in [5, 5.41) is 3.17. The molecule has 1 aliphatic rings. The highest BCUT2D eigenvalue weighted by atomic mass is 32.1. The number of hydrogen-bond acceptors (Lipinski definition) is 6. The lowest BCUT2D eigenvalue weighted by Crippen LogP contribution is -2.51. The SMILES string of the molecule is Cc1nc(CC2C(CO[Si](C)(C)C(C)(C)C)OC(C)(C)N2C(=O)OC(C)(C)C)cs1. The summed E-state index contributed by atoms with van der Waals surface area (Å²) in [6.07, 6.45) is 0.00126. The average molecular weight is 457 g/mol. The van der Waals surface area contributed by atoms with E-state index in [2.05, 4.69) is 44.2 Å². The minimum atomic E-state index is -1.95. The Hall–Kier alpha value is -0.963. The molecule has 1 saturated heterocycles. The van der Waals surface area contributed by atoms with Crippen molar-refractivity contribution in [2.24, 2.45) is 0 Å². The highest BCUT2D eigenvalue weighted by Crippen LogP contribution is 2.39. The van der Waals surface area contributed by atoms with Crippen molar-refractivity contribution in [3.63, 3.8) is 0 Å². The van der Waals surface area contributed by atoms with Gasteiger partial charge < -0.3 is 13.9 Å². The van der Waals surface area contributed by atoms with E-state index in [1.54, 1.807) is 16.2 Å². The van der Waals surface area contributed by atoms with Gasteiger partial charge in [-0.2, -0.15) is 0 Å². The summed E-state index contributed by atoms with van der Waals surface area (Å²) in [7, 11) is -1.95. The van der Waals surface area contributed by atoms with Gasteiger partial charge in [-0.05, 0) is 59.7 Å². The van der Waals surface area contributed by atoms with E-state index < -0.39 is 19.6 Å². The number of nitrogens with zero attached hydrogens (tertiary/aromatic N) is 2. The molecule has 2 atom stereocenters. The topological polar surface area (TPSA) is 60.9 Å². The zero-order valence-electron chi connectivity index (χ0n) is 20.6. The number of ether oxygens (including phenoxy) is 2. The Morgan fingerprint density at radius 2 is 1.87 bits per heavy atom. The van der Waals surface area contributed by atoms with Gasteiger partial charge in [0.1, 0.15) is 17.4 Å². The Kier molecular flexibility index (Phi) is 7.19. The van der Waals surface area contributed by atoms with E-state index in [0.29, 0.717) is 13.0 Å². The number of carbonyl (C=O) groups is 1. The van der Waals surface area contributed by atoms with Gasteiger partial charge in [-0.25, -0.2) is 9.78 Å². The van der Waals surface area contributed by atoms with Gasteiger partial charge in [-0.15, -0.1) is 11.3 Å². The predicted molar refractivity (Wildman–Crippen MR) is 125 cm³/mol. The van der Waals surface area contributed by atoms with Crippen molar-refractivity contribution in [1.82, 2.24) is 9.88 Å². The van der Waals surface area contributed by atoms with Crippen molar-refractivity contribution in [2.75, 3.05) is 6.61 Å². The second kappa shape index (κ2) is 8.52. The maximum absolute atomic E-state index is 13.2. The van der Waals surface area contributed by atoms with Gasteiger partial charge >= 0.3 is 6.09 Å². The first-order valence-electron chi connectivity index (χ1n) is 10.7. The molecule has 172 valence electrons. The van der Waals surface area contributed by atoms with Crippen LogP contribution in [0.15, 0.2) is 5.38 Å². The zero-order valence-corrected chi connectivity index (χ0v) is 22.4. The molecule has 1 aliphatic heterocycles. The summed E-state index contributed by atoms with van der Waals surface area (Å²) in [5.41, 5.74) is -0.404. The van der Waals surface area contributed by atoms with Crippen LogP contribution in [0.1, 0.15) is 66.1 Å². The summed E-state index contributed by atoms with van der Waals surface area (Å²) in [6, 6.07) is -0.207. The molecule has 6 nitrogen and oxygen atoms in total. The molecule has 1 fully saturated rings. The molecule has 1 aromatic heterocycles. The Balaban J connectivity index is 2.31. The van der Waals surface area contributed by atoms with Gasteiger partial charge in [0.2, 0.25) is 0 Å². The highest BCUT2D eigenvalue weighted by Gasteiger charge is 2.52. The van der Waals surface area contributed by atoms with E-state index in [1.807, 2.05) is 41.5 Å². The smallest absolute Gasteiger partial charge is 0.412 e.